The lowest BCUT2D eigenvalue weighted by atomic mass is 10.1. The molecule has 0 unspecified atom stereocenters. The maximum absolute atomic E-state index is 9.54. The Morgan fingerprint density at radius 3 is 2.97 bits per heavy atom. The minimum absolute atomic E-state index is 0.123. The van der Waals surface area contributed by atoms with Gasteiger partial charge in [-0.25, -0.2) is 9.97 Å². The predicted molar refractivity (Wildman–Crippen MR) is 123 cm³/mol. The Balaban J connectivity index is 1.36. The van der Waals surface area contributed by atoms with Gasteiger partial charge in [-0.1, -0.05) is 17.7 Å². The first-order valence-corrected chi connectivity index (χ1v) is 11.6. The van der Waals surface area contributed by atoms with E-state index < -0.39 is 0 Å². The first-order valence-electron chi connectivity index (χ1n) is 10.4. The van der Waals surface area contributed by atoms with Gasteiger partial charge in [-0.05, 0) is 55.7 Å². The molecule has 1 aliphatic rings. The normalized spacial score (nSPS) is 17.3. The van der Waals surface area contributed by atoms with Gasteiger partial charge in [-0.3, -0.25) is 4.90 Å². The van der Waals surface area contributed by atoms with Crippen LogP contribution < -0.4 is 5.32 Å². The lowest BCUT2D eigenvalue weighted by Gasteiger charge is -2.33. The lowest BCUT2D eigenvalue weighted by molar-refractivity contribution is 0.167. The van der Waals surface area contributed by atoms with Crippen LogP contribution in [0.2, 0.25) is 5.02 Å². The van der Waals surface area contributed by atoms with Crippen molar-refractivity contribution in [1.82, 2.24) is 20.2 Å². The van der Waals surface area contributed by atoms with Gasteiger partial charge in [0, 0.05) is 49.7 Å². The van der Waals surface area contributed by atoms with Gasteiger partial charge >= 0.3 is 0 Å². The number of halogens is 1. The highest BCUT2D eigenvalue weighted by molar-refractivity contribution is 7.15. The van der Waals surface area contributed by atoms with Crippen molar-refractivity contribution in [3.05, 3.63) is 63.9 Å². The molecule has 1 fully saturated rings. The molecule has 4 rings (SSSR count). The van der Waals surface area contributed by atoms with Gasteiger partial charge in [0.15, 0.2) is 0 Å². The summed E-state index contributed by atoms with van der Waals surface area (Å²) in [5.41, 5.74) is 2.11. The Bertz CT molecular complexity index is 993. The standard InChI is InChI=1S/C23H27ClN4OS/c1-16-14-25-11-12-28(16)15-18-6-8-22(30-18)20-9-10-26-23(27-20)4-2-3-17-5-7-21(29)19(24)13-17/h5-10,13,16,25,29H,2-4,11-12,14-15H2,1H3/t16-/m0/s1. The Kier molecular flexibility index (Phi) is 7.00. The van der Waals surface area contributed by atoms with Gasteiger partial charge < -0.3 is 10.4 Å². The van der Waals surface area contributed by atoms with Gasteiger partial charge in [-0.15, -0.1) is 11.3 Å². The number of nitrogens with zero attached hydrogens (tertiary/aromatic N) is 3. The van der Waals surface area contributed by atoms with Crippen LogP contribution in [-0.4, -0.2) is 45.7 Å². The third kappa shape index (κ3) is 5.38. The summed E-state index contributed by atoms with van der Waals surface area (Å²) in [7, 11) is 0. The molecule has 1 aromatic carbocycles. The Labute approximate surface area is 186 Å². The predicted octanol–water partition coefficient (Wildman–Crippen LogP) is 4.53. The van der Waals surface area contributed by atoms with Gasteiger partial charge in [-0.2, -0.15) is 0 Å². The van der Waals surface area contributed by atoms with Crippen LogP contribution in [0.25, 0.3) is 10.6 Å². The summed E-state index contributed by atoms with van der Waals surface area (Å²) in [4.78, 5) is 14.3. The largest absolute Gasteiger partial charge is 0.506 e. The summed E-state index contributed by atoms with van der Waals surface area (Å²) in [6.45, 7) is 6.50. The van der Waals surface area contributed by atoms with Crippen LogP contribution >= 0.6 is 22.9 Å². The van der Waals surface area contributed by atoms with Crippen molar-refractivity contribution >= 4 is 22.9 Å². The molecule has 0 amide bonds. The second-order valence-corrected chi connectivity index (χ2v) is 9.36. The van der Waals surface area contributed by atoms with Crippen LogP contribution in [0.5, 0.6) is 5.75 Å². The molecule has 3 heterocycles. The second-order valence-electron chi connectivity index (χ2n) is 7.79. The molecule has 1 atom stereocenters. The van der Waals surface area contributed by atoms with E-state index in [2.05, 4.69) is 34.3 Å². The molecule has 158 valence electrons. The SMILES string of the molecule is C[C@H]1CNCCN1Cc1ccc(-c2ccnc(CCCc3ccc(O)c(Cl)c3)n2)s1. The molecule has 0 radical (unpaired) electrons. The third-order valence-corrected chi connectivity index (χ3v) is 6.89. The molecule has 30 heavy (non-hydrogen) atoms. The zero-order valence-electron chi connectivity index (χ0n) is 17.1. The van der Waals surface area contributed by atoms with E-state index in [0.29, 0.717) is 11.1 Å². The minimum Gasteiger partial charge on any atom is -0.506 e. The van der Waals surface area contributed by atoms with Crippen LogP contribution in [0.4, 0.5) is 0 Å². The molecule has 0 aliphatic carbocycles. The number of piperazine rings is 1. The minimum atomic E-state index is 0.123. The van der Waals surface area contributed by atoms with E-state index in [-0.39, 0.29) is 5.75 Å². The summed E-state index contributed by atoms with van der Waals surface area (Å²) < 4.78 is 0. The molecule has 7 heteroatoms. The lowest BCUT2D eigenvalue weighted by Crippen LogP contribution is -2.49. The van der Waals surface area contributed by atoms with Crippen LogP contribution in [0.15, 0.2) is 42.6 Å². The number of aryl methyl sites for hydroxylation is 2. The van der Waals surface area contributed by atoms with E-state index in [0.717, 1.165) is 62.5 Å². The molecule has 1 saturated heterocycles. The Hall–Kier alpha value is -1.99. The van der Waals surface area contributed by atoms with E-state index in [1.54, 1.807) is 6.07 Å². The first kappa shape index (κ1) is 21.2. The van der Waals surface area contributed by atoms with Crippen LogP contribution in [-0.2, 0) is 19.4 Å². The zero-order valence-corrected chi connectivity index (χ0v) is 18.7. The second kappa shape index (κ2) is 9.88. The number of nitrogens with one attached hydrogen (secondary N) is 1. The maximum Gasteiger partial charge on any atom is 0.134 e. The van der Waals surface area contributed by atoms with Crippen molar-refractivity contribution in [3.8, 4) is 16.3 Å². The van der Waals surface area contributed by atoms with Crippen LogP contribution in [0, 0.1) is 0 Å². The fraction of sp³-hybridized carbons (Fsp3) is 0.391. The topological polar surface area (TPSA) is 61.3 Å². The van der Waals surface area contributed by atoms with Crippen LogP contribution in [0.1, 0.15) is 29.6 Å². The van der Waals surface area contributed by atoms with E-state index in [4.69, 9.17) is 16.6 Å². The molecule has 0 saturated carbocycles. The molecule has 2 aromatic heterocycles. The summed E-state index contributed by atoms with van der Waals surface area (Å²) in [6.07, 6.45) is 4.47. The van der Waals surface area contributed by atoms with Crippen molar-refractivity contribution in [1.29, 1.82) is 0 Å². The van der Waals surface area contributed by atoms with Gasteiger partial charge in [0.05, 0.1) is 15.6 Å². The monoisotopic (exact) mass is 442 g/mol. The van der Waals surface area contributed by atoms with Crippen LogP contribution in [0.3, 0.4) is 0 Å². The number of hydrogen-bond acceptors (Lipinski definition) is 6. The number of phenols is 1. The molecular weight excluding hydrogens is 416 g/mol. The zero-order chi connectivity index (χ0) is 20.9. The van der Waals surface area contributed by atoms with Crippen molar-refractivity contribution < 1.29 is 5.11 Å². The van der Waals surface area contributed by atoms with E-state index >= 15 is 0 Å². The highest BCUT2D eigenvalue weighted by Gasteiger charge is 2.18. The molecule has 1 aliphatic heterocycles. The fourth-order valence-corrected chi connectivity index (χ4v) is 4.94. The smallest absolute Gasteiger partial charge is 0.134 e. The molecule has 5 nitrogen and oxygen atoms in total. The number of thiophene rings is 1. The average Bonchev–Trinajstić information content (AvgIpc) is 3.21. The quantitative estimate of drug-likeness (QED) is 0.562. The van der Waals surface area contributed by atoms with Gasteiger partial charge in [0.1, 0.15) is 11.6 Å². The molecule has 0 spiro atoms. The average molecular weight is 443 g/mol. The highest BCUT2D eigenvalue weighted by atomic mass is 35.5. The molecule has 0 bridgehead atoms. The molecule has 2 N–H and O–H groups in total. The summed E-state index contributed by atoms with van der Waals surface area (Å²) in [6, 6.07) is 12.3. The number of aromatic hydroxyl groups is 1. The number of hydrogen-bond donors (Lipinski definition) is 2. The maximum atomic E-state index is 9.54. The number of benzene rings is 1. The van der Waals surface area contributed by atoms with Gasteiger partial charge in [0.2, 0.25) is 0 Å². The number of aromatic nitrogens is 2. The number of phenolic OH excluding ortho intramolecular Hbond substituents is 1. The van der Waals surface area contributed by atoms with E-state index in [9.17, 15) is 5.11 Å². The first-order chi connectivity index (χ1) is 14.6. The number of rotatable bonds is 7. The van der Waals surface area contributed by atoms with E-state index in [1.807, 2.05) is 35.7 Å². The fourth-order valence-electron chi connectivity index (χ4n) is 3.73. The van der Waals surface area contributed by atoms with Crippen molar-refractivity contribution in [2.75, 3.05) is 19.6 Å². The summed E-state index contributed by atoms with van der Waals surface area (Å²) >= 11 is 7.81. The third-order valence-electron chi connectivity index (χ3n) is 5.50. The van der Waals surface area contributed by atoms with Crippen molar-refractivity contribution in [2.45, 2.75) is 38.8 Å². The highest BCUT2D eigenvalue weighted by Crippen LogP contribution is 2.28. The molecular formula is C23H27ClN4OS. The Morgan fingerprint density at radius 2 is 2.13 bits per heavy atom. The summed E-state index contributed by atoms with van der Waals surface area (Å²) in [5, 5.41) is 13.4. The summed E-state index contributed by atoms with van der Waals surface area (Å²) in [5.74, 6) is 0.987. The van der Waals surface area contributed by atoms with Crippen molar-refractivity contribution in [2.24, 2.45) is 0 Å². The van der Waals surface area contributed by atoms with Crippen molar-refractivity contribution in [3.63, 3.8) is 0 Å². The van der Waals surface area contributed by atoms with Gasteiger partial charge in [0.25, 0.3) is 0 Å². The Morgan fingerprint density at radius 1 is 1.23 bits per heavy atom. The van der Waals surface area contributed by atoms with E-state index in [1.165, 1.54) is 9.75 Å². The molecule has 3 aromatic rings.